The summed E-state index contributed by atoms with van der Waals surface area (Å²) < 4.78 is 11.1. The zero-order chi connectivity index (χ0) is 20.6. The van der Waals surface area contributed by atoms with Crippen LogP contribution >= 0.6 is 46.7 Å². The number of morpholine rings is 1. The van der Waals surface area contributed by atoms with Crippen LogP contribution in [0.4, 0.5) is 0 Å². The van der Waals surface area contributed by atoms with Gasteiger partial charge in [0.1, 0.15) is 12.0 Å². The molecule has 3 aromatic heterocycles. The molecular weight excluding hydrogens is 545 g/mol. The highest BCUT2D eigenvalue weighted by Gasteiger charge is 2.23. The van der Waals surface area contributed by atoms with E-state index in [1.54, 1.807) is 28.9 Å². The number of guanidine groups is 1. The summed E-state index contributed by atoms with van der Waals surface area (Å²) in [6.45, 7) is 7.58. The summed E-state index contributed by atoms with van der Waals surface area (Å²) >= 11 is 3.41. The van der Waals surface area contributed by atoms with Crippen molar-refractivity contribution in [2.24, 2.45) is 4.99 Å². The Morgan fingerprint density at radius 3 is 2.71 bits per heavy atom. The number of hydrogen-bond acceptors (Lipinski definition) is 7. The molecule has 7 nitrogen and oxygen atoms in total. The molecule has 0 radical (unpaired) electrons. The first kappa shape index (κ1) is 24.2. The lowest BCUT2D eigenvalue weighted by Crippen LogP contribution is -2.46. The molecule has 0 aromatic carbocycles. The lowest BCUT2D eigenvalue weighted by Gasteiger charge is -2.34. The van der Waals surface area contributed by atoms with Gasteiger partial charge in [0.25, 0.3) is 0 Å². The Labute approximate surface area is 207 Å². The van der Waals surface area contributed by atoms with Crippen molar-refractivity contribution in [2.45, 2.75) is 19.5 Å². The number of ether oxygens (including phenoxy) is 1. The Bertz CT molecular complexity index is 908. The first-order chi connectivity index (χ1) is 14.8. The van der Waals surface area contributed by atoms with Crippen molar-refractivity contribution in [2.75, 3.05) is 39.4 Å². The highest BCUT2D eigenvalue weighted by molar-refractivity contribution is 14.0. The van der Waals surface area contributed by atoms with Crippen molar-refractivity contribution in [3.63, 3.8) is 0 Å². The quantitative estimate of drug-likeness (QED) is 0.239. The highest BCUT2D eigenvalue weighted by atomic mass is 127. The number of nitrogens with one attached hydrogen (secondary N) is 2. The first-order valence-electron chi connectivity index (χ1n) is 10.2. The van der Waals surface area contributed by atoms with E-state index in [0.29, 0.717) is 18.5 Å². The molecule has 31 heavy (non-hydrogen) atoms. The second-order valence-corrected chi connectivity index (χ2v) is 8.80. The molecule has 0 aliphatic carbocycles. The van der Waals surface area contributed by atoms with Gasteiger partial charge in [-0.15, -0.1) is 46.7 Å². The zero-order valence-electron chi connectivity index (χ0n) is 17.5. The van der Waals surface area contributed by atoms with E-state index in [1.807, 2.05) is 17.5 Å². The van der Waals surface area contributed by atoms with Crippen LogP contribution < -0.4 is 10.6 Å². The van der Waals surface area contributed by atoms with Crippen LogP contribution in [0.15, 0.2) is 50.7 Å². The Morgan fingerprint density at radius 2 is 2.00 bits per heavy atom. The Kier molecular flexibility index (Phi) is 9.78. The van der Waals surface area contributed by atoms with Gasteiger partial charge in [0.2, 0.25) is 5.89 Å². The fraction of sp³-hybridized carbons (Fsp3) is 0.429. The van der Waals surface area contributed by atoms with Gasteiger partial charge < -0.3 is 19.8 Å². The Hall–Kier alpha value is -1.47. The topological polar surface area (TPSA) is 74.9 Å². The minimum absolute atomic E-state index is 0. The Balaban J connectivity index is 0.00000272. The maximum atomic E-state index is 5.60. The summed E-state index contributed by atoms with van der Waals surface area (Å²) in [6.07, 6.45) is 1.68. The lowest BCUT2D eigenvalue weighted by molar-refractivity contribution is 0.0177. The van der Waals surface area contributed by atoms with Gasteiger partial charge in [-0.25, -0.2) is 9.98 Å². The van der Waals surface area contributed by atoms with Crippen LogP contribution in [0, 0.1) is 0 Å². The first-order valence-corrected chi connectivity index (χ1v) is 11.9. The van der Waals surface area contributed by atoms with E-state index >= 15 is 0 Å². The molecule has 4 heterocycles. The third-order valence-electron chi connectivity index (χ3n) is 4.85. The number of aromatic nitrogens is 1. The van der Waals surface area contributed by atoms with Gasteiger partial charge in [-0.05, 0) is 29.8 Å². The van der Waals surface area contributed by atoms with E-state index < -0.39 is 0 Å². The smallest absolute Gasteiger partial charge is 0.236 e. The fourth-order valence-electron chi connectivity index (χ4n) is 3.37. The Morgan fingerprint density at radius 1 is 1.19 bits per heavy atom. The largest absolute Gasteiger partial charge is 0.443 e. The number of rotatable bonds is 8. The SMILES string of the molecule is CCNC(=NCc1coc(-c2cccs2)n1)NCC(c1cccs1)N1CCOCC1.I. The predicted molar refractivity (Wildman–Crippen MR) is 138 cm³/mol. The van der Waals surface area contributed by atoms with Gasteiger partial charge in [-0.2, -0.15) is 0 Å². The molecule has 0 spiro atoms. The fourth-order valence-corrected chi connectivity index (χ4v) is 4.88. The second kappa shape index (κ2) is 12.5. The summed E-state index contributed by atoms with van der Waals surface area (Å²) in [7, 11) is 0. The minimum atomic E-state index is 0. The molecule has 0 amide bonds. The van der Waals surface area contributed by atoms with Gasteiger partial charge in [0.05, 0.1) is 30.7 Å². The molecule has 0 saturated carbocycles. The summed E-state index contributed by atoms with van der Waals surface area (Å²) in [5, 5.41) is 11.0. The monoisotopic (exact) mass is 573 g/mol. The summed E-state index contributed by atoms with van der Waals surface area (Å²) in [5.74, 6) is 1.44. The average molecular weight is 574 g/mol. The molecule has 3 aromatic rings. The van der Waals surface area contributed by atoms with Crippen molar-refractivity contribution in [1.82, 2.24) is 20.5 Å². The van der Waals surface area contributed by atoms with E-state index in [0.717, 1.165) is 55.9 Å². The third-order valence-corrected chi connectivity index (χ3v) is 6.68. The predicted octanol–water partition coefficient (Wildman–Crippen LogP) is 4.21. The van der Waals surface area contributed by atoms with Gasteiger partial charge in [0, 0.05) is 31.1 Å². The third kappa shape index (κ3) is 6.75. The number of oxazole rings is 1. The standard InChI is InChI=1S/C21H27N5O2S2.HI/c1-2-22-21(23-13-16-15-28-20(25-16)19-6-4-12-30-19)24-14-17(18-5-3-11-29-18)26-7-9-27-10-8-26;/h3-6,11-12,15,17H,2,7-10,13-14H2,1H3,(H2,22,23,24);1H. The maximum Gasteiger partial charge on any atom is 0.236 e. The number of thiophene rings is 2. The van der Waals surface area contributed by atoms with E-state index in [4.69, 9.17) is 14.1 Å². The molecule has 10 heteroatoms. The summed E-state index contributed by atoms with van der Waals surface area (Å²) in [5.41, 5.74) is 0.818. The number of nitrogens with zero attached hydrogens (tertiary/aromatic N) is 3. The highest BCUT2D eigenvalue weighted by Crippen LogP contribution is 2.26. The molecule has 1 aliphatic rings. The lowest BCUT2D eigenvalue weighted by atomic mass is 10.2. The molecule has 4 rings (SSSR count). The van der Waals surface area contributed by atoms with Gasteiger partial charge in [0.15, 0.2) is 5.96 Å². The minimum Gasteiger partial charge on any atom is -0.443 e. The van der Waals surface area contributed by atoms with Crippen LogP contribution in [0.1, 0.15) is 23.5 Å². The molecular formula is C21H28IN5O2S2. The van der Waals surface area contributed by atoms with Crippen LogP contribution in [-0.4, -0.2) is 55.2 Å². The van der Waals surface area contributed by atoms with Gasteiger partial charge in [-0.3, -0.25) is 4.90 Å². The summed E-state index contributed by atoms with van der Waals surface area (Å²) in [6, 6.07) is 8.62. The normalized spacial score (nSPS) is 16.0. The van der Waals surface area contributed by atoms with Crippen molar-refractivity contribution in [3.8, 4) is 10.8 Å². The molecule has 168 valence electrons. The number of hydrogen-bond donors (Lipinski definition) is 2. The van der Waals surface area contributed by atoms with E-state index in [-0.39, 0.29) is 24.0 Å². The van der Waals surface area contributed by atoms with Gasteiger partial charge >= 0.3 is 0 Å². The van der Waals surface area contributed by atoms with Crippen molar-refractivity contribution >= 4 is 52.6 Å². The average Bonchev–Trinajstić information content (AvgIpc) is 3.55. The van der Waals surface area contributed by atoms with E-state index in [1.165, 1.54) is 4.88 Å². The molecule has 2 N–H and O–H groups in total. The van der Waals surface area contributed by atoms with Crippen LogP contribution in [-0.2, 0) is 11.3 Å². The van der Waals surface area contributed by atoms with Crippen LogP contribution in [0.5, 0.6) is 0 Å². The molecule has 1 atom stereocenters. The van der Waals surface area contributed by atoms with Crippen LogP contribution in [0.2, 0.25) is 0 Å². The van der Waals surface area contributed by atoms with Crippen molar-refractivity contribution < 1.29 is 9.15 Å². The molecule has 1 saturated heterocycles. The number of aliphatic imine (C=N–C) groups is 1. The van der Waals surface area contributed by atoms with E-state index in [2.05, 4.69) is 45.0 Å². The molecule has 1 unspecified atom stereocenters. The molecule has 0 bridgehead atoms. The van der Waals surface area contributed by atoms with Crippen molar-refractivity contribution in [1.29, 1.82) is 0 Å². The maximum absolute atomic E-state index is 5.60. The van der Waals surface area contributed by atoms with Crippen LogP contribution in [0.3, 0.4) is 0 Å². The zero-order valence-corrected chi connectivity index (χ0v) is 21.4. The van der Waals surface area contributed by atoms with E-state index in [9.17, 15) is 0 Å². The second-order valence-electron chi connectivity index (χ2n) is 6.88. The summed E-state index contributed by atoms with van der Waals surface area (Å²) in [4.78, 5) is 14.1. The van der Waals surface area contributed by atoms with Gasteiger partial charge in [-0.1, -0.05) is 12.1 Å². The van der Waals surface area contributed by atoms with Crippen molar-refractivity contribution in [3.05, 3.63) is 51.9 Å². The number of halogens is 1. The van der Waals surface area contributed by atoms with Crippen LogP contribution in [0.25, 0.3) is 10.8 Å². The molecule has 1 fully saturated rings. The molecule has 1 aliphatic heterocycles.